The van der Waals surface area contributed by atoms with Gasteiger partial charge in [0, 0.05) is 19.2 Å². The first-order valence-electron chi connectivity index (χ1n) is 6.70. The number of carbonyl (C=O) groups is 1. The summed E-state index contributed by atoms with van der Waals surface area (Å²) in [6, 6.07) is 1.94. The molecule has 1 aliphatic rings. The molecule has 0 saturated heterocycles. The minimum absolute atomic E-state index is 0.288. The van der Waals surface area contributed by atoms with Crippen molar-refractivity contribution in [3.8, 4) is 0 Å². The SMILES string of the molecule is CCC1CCCC(C(=O)Cc2ccn(C)n2)C1. The van der Waals surface area contributed by atoms with Crippen molar-refractivity contribution in [3.05, 3.63) is 18.0 Å². The molecule has 1 fully saturated rings. The number of Topliss-reactive ketones (excluding diaryl/α,β-unsaturated/α-hetero) is 1. The van der Waals surface area contributed by atoms with Gasteiger partial charge in [0.25, 0.3) is 0 Å². The number of nitrogens with zero attached hydrogens (tertiary/aromatic N) is 2. The van der Waals surface area contributed by atoms with E-state index in [2.05, 4.69) is 12.0 Å². The van der Waals surface area contributed by atoms with Crippen molar-refractivity contribution < 1.29 is 4.79 Å². The molecule has 1 heterocycles. The van der Waals surface area contributed by atoms with Gasteiger partial charge in [-0.05, 0) is 24.8 Å². The molecule has 0 aromatic carbocycles. The van der Waals surface area contributed by atoms with Crippen LogP contribution in [0.25, 0.3) is 0 Å². The van der Waals surface area contributed by atoms with Gasteiger partial charge in [-0.1, -0.05) is 26.2 Å². The van der Waals surface area contributed by atoms with Crippen LogP contribution in [0, 0.1) is 11.8 Å². The summed E-state index contributed by atoms with van der Waals surface area (Å²) in [6.07, 6.45) is 8.35. The predicted molar refractivity (Wildman–Crippen MR) is 67.7 cm³/mol. The second kappa shape index (κ2) is 5.48. The summed E-state index contributed by atoms with van der Waals surface area (Å²) >= 11 is 0. The summed E-state index contributed by atoms with van der Waals surface area (Å²) in [5.74, 6) is 1.44. The summed E-state index contributed by atoms with van der Waals surface area (Å²) in [5, 5.41) is 4.28. The van der Waals surface area contributed by atoms with Gasteiger partial charge in [0.1, 0.15) is 5.78 Å². The van der Waals surface area contributed by atoms with Crippen LogP contribution in [0.2, 0.25) is 0 Å². The van der Waals surface area contributed by atoms with Crippen molar-refractivity contribution in [1.82, 2.24) is 9.78 Å². The summed E-state index contributed by atoms with van der Waals surface area (Å²) in [5.41, 5.74) is 0.913. The number of aryl methyl sites for hydroxylation is 1. The number of hydrogen-bond donors (Lipinski definition) is 0. The molecule has 0 radical (unpaired) electrons. The molecule has 0 N–H and O–H groups in total. The Bertz CT molecular complexity index is 383. The predicted octanol–water partition coefficient (Wildman–Crippen LogP) is 2.75. The van der Waals surface area contributed by atoms with E-state index in [0.29, 0.717) is 12.2 Å². The van der Waals surface area contributed by atoms with Crippen LogP contribution in [0.5, 0.6) is 0 Å². The minimum atomic E-state index is 0.288. The Labute approximate surface area is 103 Å². The van der Waals surface area contributed by atoms with Crippen LogP contribution in [0.15, 0.2) is 12.3 Å². The highest BCUT2D eigenvalue weighted by atomic mass is 16.1. The van der Waals surface area contributed by atoms with Crippen molar-refractivity contribution in [3.63, 3.8) is 0 Å². The van der Waals surface area contributed by atoms with Crippen LogP contribution in [-0.2, 0) is 18.3 Å². The zero-order chi connectivity index (χ0) is 12.3. The molecule has 1 aromatic rings. The maximum atomic E-state index is 12.2. The molecule has 0 amide bonds. The van der Waals surface area contributed by atoms with Gasteiger partial charge in [-0.25, -0.2) is 0 Å². The first-order valence-corrected chi connectivity index (χ1v) is 6.70. The molecular formula is C14H22N2O. The lowest BCUT2D eigenvalue weighted by Crippen LogP contribution is -2.24. The van der Waals surface area contributed by atoms with Crippen molar-refractivity contribution >= 4 is 5.78 Å². The molecule has 1 saturated carbocycles. The number of aromatic nitrogens is 2. The van der Waals surface area contributed by atoms with E-state index in [4.69, 9.17) is 0 Å². The minimum Gasteiger partial charge on any atom is -0.299 e. The van der Waals surface area contributed by atoms with Crippen LogP contribution in [-0.4, -0.2) is 15.6 Å². The number of rotatable bonds is 4. The standard InChI is InChI=1S/C14H22N2O/c1-3-11-5-4-6-12(9-11)14(17)10-13-7-8-16(2)15-13/h7-8,11-12H,3-6,9-10H2,1-2H3. The fourth-order valence-corrected chi connectivity index (χ4v) is 2.83. The van der Waals surface area contributed by atoms with E-state index in [1.807, 2.05) is 19.3 Å². The second-order valence-corrected chi connectivity index (χ2v) is 5.26. The van der Waals surface area contributed by atoms with E-state index in [1.54, 1.807) is 4.68 Å². The Morgan fingerprint density at radius 1 is 1.53 bits per heavy atom. The van der Waals surface area contributed by atoms with E-state index in [0.717, 1.165) is 24.5 Å². The molecule has 1 aromatic heterocycles. The molecule has 2 rings (SSSR count). The van der Waals surface area contributed by atoms with Gasteiger partial charge in [-0.3, -0.25) is 9.48 Å². The Morgan fingerprint density at radius 3 is 3.00 bits per heavy atom. The molecule has 3 heteroatoms. The van der Waals surface area contributed by atoms with Crippen molar-refractivity contribution in [2.75, 3.05) is 0 Å². The van der Waals surface area contributed by atoms with Gasteiger partial charge in [-0.2, -0.15) is 5.10 Å². The van der Waals surface area contributed by atoms with Gasteiger partial charge in [0.2, 0.25) is 0 Å². The maximum absolute atomic E-state index is 12.2. The lowest BCUT2D eigenvalue weighted by Gasteiger charge is -2.27. The molecular weight excluding hydrogens is 212 g/mol. The van der Waals surface area contributed by atoms with Crippen molar-refractivity contribution in [2.24, 2.45) is 18.9 Å². The first-order chi connectivity index (χ1) is 8.19. The van der Waals surface area contributed by atoms with Crippen molar-refractivity contribution in [2.45, 2.75) is 45.4 Å². The normalized spacial score (nSPS) is 24.8. The Balaban J connectivity index is 1.91. The van der Waals surface area contributed by atoms with E-state index in [1.165, 1.54) is 19.3 Å². The fourth-order valence-electron chi connectivity index (χ4n) is 2.83. The number of ketones is 1. The first kappa shape index (κ1) is 12.3. The monoisotopic (exact) mass is 234 g/mol. The van der Waals surface area contributed by atoms with E-state index < -0.39 is 0 Å². The highest BCUT2D eigenvalue weighted by molar-refractivity contribution is 5.82. The molecule has 2 unspecified atom stereocenters. The average Bonchev–Trinajstić information content (AvgIpc) is 2.75. The Kier molecular flexibility index (Phi) is 3.97. The van der Waals surface area contributed by atoms with Crippen LogP contribution in [0.3, 0.4) is 0 Å². The lowest BCUT2D eigenvalue weighted by atomic mass is 9.77. The Morgan fingerprint density at radius 2 is 2.35 bits per heavy atom. The number of hydrogen-bond acceptors (Lipinski definition) is 2. The summed E-state index contributed by atoms with van der Waals surface area (Å²) in [7, 11) is 1.89. The van der Waals surface area contributed by atoms with Gasteiger partial charge < -0.3 is 0 Å². The van der Waals surface area contributed by atoms with Crippen LogP contribution in [0.4, 0.5) is 0 Å². The van der Waals surface area contributed by atoms with Gasteiger partial charge in [-0.15, -0.1) is 0 Å². The Hall–Kier alpha value is -1.12. The van der Waals surface area contributed by atoms with E-state index in [-0.39, 0.29) is 5.92 Å². The summed E-state index contributed by atoms with van der Waals surface area (Å²) in [4.78, 5) is 12.2. The van der Waals surface area contributed by atoms with Crippen LogP contribution in [0.1, 0.15) is 44.7 Å². The van der Waals surface area contributed by atoms with Gasteiger partial charge in [0.05, 0.1) is 12.1 Å². The smallest absolute Gasteiger partial charge is 0.141 e. The molecule has 2 atom stereocenters. The zero-order valence-corrected chi connectivity index (χ0v) is 10.9. The van der Waals surface area contributed by atoms with Crippen LogP contribution < -0.4 is 0 Å². The number of carbonyl (C=O) groups excluding carboxylic acids is 1. The third-order valence-electron chi connectivity index (χ3n) is 3.94. The van der Waals surface area contributed by atoms with E-state index in [9.17, 15) is 4.79 Å². The molecule has 0 spiro atoms. The molecule has 17 heavy (non-hydrogen) atoms. The van der Waals surface area contributed by atoms with Crippen molar-refractivity contribution in [1.29, 1.82) is 0 Å². The largest absolute Gasteiger partial charge is 0.299 e. The third-order valence-corrected chi connectivity index (χ3v) is 3.94. The summed E-state index contributed by atoms with van der Waals surface area (Å²) < 4.78 is 1.76. The third kappa shape index (κ3) is 3.18. The molecule has 1 aliphatic carbocycles. The summed E-state index contributed by atoms with van der Waals surface area (Å²) in [6.45, 7) is 2.23. The molecule has 3 nitrogen and oxygen atoms in total. The fraction of sp³-hybridized carbons (Fsp3) is 0.714. The van der Waals surface area contributed by atoms with Gasteiger partial charge in [0.15, 0.2) is 0 Å². The molecule has 0 aliphatic heterocycles. The zero-order valence-electron chi connectivity index (χ0n) is 10.9. The average molecular weight is 234 g/mol. The van der Waals surface area contributed by atoms with E-state index >= 15 is 0 Å². The highest BCUT2D eigenvalue weighted by Gasteiger charge is 2.26. The lowest BCUT2D eigenvalue weighted by molar-refractivity contribution is -0.123. The molecule has 94 valence electrons. The highest BCUT2D eigenvalue weighted by Crippen LogP contribution is 2.31. The van der Waals surface area contributed by atoms with Crippen LogP contribution >= 0.6 is 0 Å². The quantitative estimate of drug-likeness (QED) is 0.803. The van der Waals surface area contributed by atoms with Gasteiger partial charge >= 0.3 is 0 Å². The topological polar surface area (TPSA) is 34.9 Å². The molecule has 0 bridgehead atoms. The maximum Gasteiger partial charge on any atom is 0.141 e. The second-order valence-electron chi connectivity index (χ2n) is 5.26.